The SMILES string of the molecule is CCn1ncnc1CNC(C)c1cccc(F)c1. The van der Waals surface area contributed by atoms with E-state index < -0.39 is 0 Å². The molecule has 1 N–H and O–H groups in total. The molecule has 4 nitrogen and oxygen atoms in total. The molecule has 0 radical (unpaired) electrons. The molecule has 0 aliphatic rings. The van der Waals surface area contributed by atoms with Crippen molar-refractivity contribution in [1.29, 1.82) is 0 Å². The fourth-order valence-corrected chi connectivity index (χ4v) is 1.83. The molecule has 1 aromatic heterocycles. The molecule has 0 amide bonds. The van der Waals surface area contributed by atoms with Gasteiger partial charge in [-0.05, 0) is 31.5 Å². The number of nitrogens with one attached hydrogen (secondary N) is 1. The summed E-state index contributed by atoms with van der Waals surface area (Å²) in [6.45, 7) is 5.44. The predicted octanol–water partition coefficient (Wildman–Crippen LogP) is 2.29. The van der Waals surface area contributed by atoms with Crippen molar-refractivity contribution in [1.82, 2.24) is 20.1 Å². The van der Waals surface area contributed by atoms with Gasteiger partial charge in [-0.25, -0.2) is 14.1 Å². The summed E-state index contributed by atoms with van der Waals surface area (Å²) in [7, 11) is 0. The summed E-state index contributed by atoms with van der Waals surface area (Å²) in [5.41, 5.74) is 0.928. The van der Waals surface area contributed by atoms with Crippen LogP contribution in [0.25, 0.3) is 0 Å². The van der Waals surface area contributed by atoms with E-state index in [2.05, 4.69) is 15.4 Å². The van der Waals surface area contributed by atoms with Gasteiger partial charge < -0.3 is 5.32 Å². The lowest BCUT2D eigenvalue weighted by atomic mass is 10.1. The van der Waals surface area contributed by atoms with Gasteiger partial charge in [0.2, 0.25) is 0 Å². The molecular formula is C13H17FN4. The number of halogens is 1. The average Bonchev–Trinajstić information content (AvgIpc) is 2.83. The van der Waals surface area contributed by atoms with Crippen molar-refractivity contribution in [3.8, 4) is 0 Å². The van der Waals surface area contributed by atoms with Crippen molar-refractivity contribution in [2.24, 2.45) is 0 Å². The molecule has 2 rings (SSSR count). The van der Waals surface area contributed by atoms with Gasteiger partial charge in [0.15, 0.2) is 0 Å². The highest BCUT2D eigenvalue weighted by atomic mass is 19.1. The van der Waals surface area contributed by atoms with Gasteiger partial charge in [0, 0.05) is 12.6 Å². The Kier molecular flexibility index (Phi) is 4.04. The van der Waals surface area contributed by atoms with Crippen LogP contribution in [0.2, 0.25) is 0 Å². The molecule has 0 aliphatic heterocycles. The summed E-state index contributed by atoms with van der Waals surface area (Å²) in [6, 6.07) is 6.69. The summed E-state index contributed by atoms with van der Waals surface area (Å²) in [4.78, 5) is 4.19. The summed E-state index contributed by atoms with van der Waals surface area (Å²) < 4.78 is 14.9. The molecule has 18 heavy (non-hydrogen) atoms. The van der Waals surface area contributed by atoms with E-state index in [1.165, 1.54) is 6.07 Å². The maximum absolute atomic E-state index is 13.1. The zero-order valence-corrected chi connectivity index (χ0v) is 10.6. The standard InChI is InChI=1S/C13H17FN4/c1-3-18-13(16-9-17-18)8-15-10(2)11-5-4-6-12(14)7-11/h4-7,9-10,15H,3,8H2,1-2H3. The number of rotatable bonds is 5. The minimum atomic E-state index is -0.210. The maximum Gasteiger partial charge on any atom is 0.140 e. The van der Waals surface area contributed by atoms with Gasteiger partial charge in [0.05, 0.1) is 6.54 Å². The molecule has 0 bridgehead atoms. The van der Waals surface area contributed by atoms with Gasteiger partial charge in [-0.3, -0.25) is 0 Å². The van der Waals surface area contributed by atoms with Crippen LogP contribution in [0.4, 0.5) is 4.39 Å². The molecule has 2 aromatic rings. The third kappa shape index (κ3) is 2.92. The highest BCUT2D eigenvalue weighted by Gasteiger charge is 2.08. The Bertz CT molecular complexity index is 509. The van der Waals surface area contributed by atoms with E-state index in [9.17, 15) is 4.39 Å². The number of aryl methyl sites for hydroxylation is 1. The third-order valence-electron chi connectivity index (χ3n) is 2.91. The minimum absolute atomic E-state index is 0.0720. The molecular weight excluding hydrogens is 231 g/mol. The monoisotopic (exact) mass is 248 g/mol. The van der Waals surface area contributed by atoms with Crippen LogP contribution in [-0.4, -0.2) is 14.8 Å². The fourth-order valence-electron chi connectivity index (χ4n) is 1.83. The topological polar surface area (TPSA) is 42.7 Å². The summed E-state index contributed by atoms with van der Waals surface area (Å²) in [5, 5.41) is 7.42. The molecule has 1 atom stereocenters. The molecule has 1 aromatic carbocycles. The second-order valence-electron chi connectivity index (χ2n) is 4.15. The largest absolute Gasteiger partial charge is 0.303 e. The number of benzene rings is 1. The van der Waals surface area contributed by atoms with Crippen molar-refractivity contribution in [2.75, 3.05) is 0 Å². The molecule has 1 heterocycles. The van der Waals surface area contributed by atoms with Gasteiger partial charge in [0.1, 0.15) is 18.0 Å². The van der Waals surface area contributed by atoms with Gasteiger partial charge in [0.25, 0.3) is 0 Å². The Hall–Kier alpha value is -1.75. The second kappa shape index (κ2) is 5.73. The van der Waals surface area contributed by atoms with Crippen LogP contribution in [0, 0.1) is 5.82 Å². The average molecular weight is 248 g/mol. The lowest BCUT2D eigenvalue weighted by molar-refractivity contribution is 0.520. The van der Waals surface area contributed by atoms with Crippen molar-refractivity contribution in [2.45, 2.75) is 33.0 Å². The lowest BCUT2D eigenvalue weighted by Crippen LogP contribution is -2.21. The van der Waals surface area contributed by atoms with Crippen LogP contribution < -0.4 is 5.32 Å². The highest BCUT2D eigenvalue weighted by molar-refractivity contribution is 5.19. The zero-order valence-electron chi connectivity index (χ0n) is 10.6. The van der Waals surface area contributed by atoms with Gasteiger partial charge >= 0.3 is 0 Å². The summed E-state index contributed by atoms with van der Waals surface area (Å²) in [6.07, 6.45) is 1.55. The van der Waals surface area contributed by atoms with Crippen LogP contribution in [0.1, 0.15) is 31.3 Å². The molecule has 0 spiro atoms. The Morgan fingerprint density at radius 3 is 3.00 bits per heavy atom. The second-order valence-corrected chi connectivity index (χ2v) is 4.15. The molecule has 0 aliphatic carbocycles. The Morgan fingerprint density at radius 1 is 1.44 bits per heavy atom. The van der Waals surface area contributed by atoms with Crippen molar-refractivity contribution in [3.05, 3.63) is 47.8 Å². The number of hydrogen-bond donors (Lipinski definition) is 1. The van der Waals surface area contributed by atoms with Crippen LogP contribution >= 0.6 is 0 Å². The van der Waals surface area contributed by atoms with Crippen LogP contribution in [0.3, 0.4) is 0 Å². The number of nitrogens with zero attached hydrogens (tertiary/aromatic N) is 3. The fraction of sp³-hybridized carbons (Fsp3) is 0.385. The number of aromatic nitrogens is 3. The lowest BCUT2D eigenvalue weighted by Gasteiger charge is -2.14. The van der Waals surface area contributed by atoms with Crippen LogP contribution in [0.15, 0.2) is 30.6 Å². The molecule has 0 fully saturated rings. The van der Waals surface area contributed by atoms with E-state index in [-0.39, 0.29) is 11.9 Å². The molecule has 96 valence electrons. The Morgan fingerprint density at radius 2 is 2.28 bits per heavy atom. The van der Waals surface area contributed by atoms with E-state index in [4.69, 9.17) is 0 Å². The van der Waals surface area contributed by atoms with Gasteiger partial charge in [-0.2, -0.15) is 5.10 Å². The number of hydrogen-bond acceptors (Lipinski definition) is 3. The van der Waals surface area contributed by atoms with E-state index >= 15 is 0 Å². The normalized spacial score (nSPS) is 12.6. The van der Waals surface area contributed by atoms with E-state index in [1.807, 2.05) is 24.6 Å². The van der Waals surface area contributed by atoms with E-state index in [1.54, 1.807) is 18.5 Å². The maximum atomic E-state index is 13.1. The zero-order chi connectivity index (χ0) is 13.0. The molecule has 5 heteroatoms. The first-order valence-electron chi connectivity index (χ1n) is 6.06. The Labute approximate surface area is 106 Å². The van der Waals surface area contributed by atoms with Crippen molar-refractivity contribution >= 4 is 0 Å². The molecule has 1 unspecified atom stereocenters. The molecule has 0 saturated heterocycles. The Balaban J connectivity index is 1.98. The van der Waals surface area contributed by atoms with E-state index in [0.29, 0.717) is 6.54 Å². The first-order chi connectivity index (χ1) is 8.70. The quantitative estimate of drug-likeness (QED) is 0.882. The van der Waals surface area contributed by atoms with Crippen LogP contribution in [-0.2, 0) is 13.1 Å². The van der Waals surface area contributed by atoms with Crippen LogP contribution in [0.5, 0.6) is 0 Å². The van der Waals surface area contributed by atoms with Crippen molar-refractivity contribution in [3.63, 3.8) is 0 Å². The summed E-state index contributed by atoms with van der Waals surface area (Å²) >= 11 is 0. The van der Waals surface area contributed by atoms with Gasteiger partial charge in [-0.1, -0.05) is 12.1 Å². The predicted molar refractivity (Wildman–Crippen MR) is 67.4 cm³/mol. The summed E-state index contributed by atoms with van der Waals surface area (Å²) in [5.74, 6) is 0.679. The smallest absolute Gasteiger partial charge is 0.140 e. The minimum Gasteiger partial charge on any atom is -0.303 e. The van der Waals surface area contributed by atoms with E-state index in [0.717, 1.165) is 17.9 Å². The molecule has 0 saturated carbocycles. The van der Waals surface area contributed by atoms with Gasteiger partial charge in [-0.15, -0.1) is 0 Å². The van der Waals surface area contributed by atoms with Crippen molar-refractivity contribution < 1.29 is 4.39 Å². The third-order valence-corrected chi connectivity index (χ3v) is 2.91. The highest BCUT2D eigenvalue weighted by Crippen LogP contribution is 2.13. The first kappa shape index (κ1) is 12.7. The first-order valence-corrected chi connectivity index (χ1v) is 6.06.